The van der Waals surface area contributed by atoms with Gasteiger partial charge in [0.15, 0.2) is 5.76 Å². The summed E-state index contributed by atoms with van der Waals surface area (Å²) in [6, 6.07) is 15.3. The lowest BCUT2D eigenvalue weighted by Crippen LogP contribution is -2.41. The standard InChI is InChI=1S/C28H29FN2O5/c1-34-15-13-30-27(32)25-11-10-23(36-25)17-35-22-9-6-18-12-14-31(28(33)20-2-3-20)26(24(18)16-22)19-4-7-21(29)8-5-19/h4-11,16,20,26H,2-3,12-15,17H2,1H3,(H,30,32). The van der Waals surface area contributed by atoms with E-state index in [1.165, 1.54) is 12.1 Å². The van der Waals surface area contributed by atoms with Crippen LogP contribution in [0.2, 0.25) is 0 Å². The van der Waals surface area contributed by atoms with Crippen molar-refractivity contribution in [3.8, 4) is 5.75 Å². The third-order valence-corrected chi connectivity index (χ3v) is 6.60. The Bertz CT molecular complexity index is 1230. The van der Waals surface area contributed by atoms with Crippen molar-refractivity contribution in [2.45, 2.75) is 31.9 Å². The highest BCUT2D eigenvalue weighted by molar-refractivity contribution is 5.91. The molecule has 2 heterocycles. The van der Waals surface area contributed by atoms with Gasteiger partial charge in [0.2, 0.25) is 5.91 Å². The number of carbonyl (C=O) groups excluding carboxylic acids is 2. The second-order valence-electron chi connectivity index (χ2n) is 9.17. The number of nitrogens with one attached hydrogen (secondary N) is 1. The van der Waals surface area contributed by atoms with E-state index in [1.807, 2.05) is 23.1 Å². The number of hydrogen-bond donors (Lipinski definition) is 1. The number of ether oxygens (including phenoxy) is 2. The molecule has 1 saturated carbocycles. The molecule has 2 amide bonds. The fourth-order valence-electron chi connectivity index (χ4n) is 4.58. The number of furan rings is 1. The normalized spacial score (nSPS) is 16.9. The number of amides is 2. The molecule has 0 bridgehead atoms. The van der Waals surface area contributed by atoms with Crippen LogP contribution in [-0.4, -0.2) is 43.5 Å². The van der Waals surface area contributed by atoms with Gasteiger partial charge in [0.25, 0.3) is 5.91 Å². The molecule has 2 aromatic carbocycles. The van der Waals surface area contributed by atoms with Crippen LogP contribution in [0.25, 0.3) is 0 Å². The number of methoxy groups -OCH3 is 1. The Balaban J connectivity index is 1.34. The molecule has 2 aliphatic rings. The minimum absolute atomic E-state index is 0.0915. The van der Waals surface area contributed by atoms with Crippen LogP contribution in [-0.2, 0) is 22.6 Å². The molecule has 5 rings (SSSR count). The van der Waals surface area contributed by atoms with Crippen LogP contribution < -0.4 is 10.1 Å². The highest BCUT2D eigenvalue weighted by Gasteiger charge is 2.39. The summed E-state index contributed by atoms with van der Waals surface area (Å²) >= 11 is 0. The maximum Gasteiger partial charge on any atom is 0.287 e. The summed E-state index contributed by atoms with van der Waals surface area (Å²) in [4.78, 5) is 27.2. The zero-order valence-electron chi connectivity index (χ0n) is 20.2. The number of benzene rings is 2. The lowest BCUT2D eigenvalue weighted by molar-refractivity contribution is -0.134. The second-order valence-corrected chi connectivity index (χ2v) is 9.17. The monoisotopic (exact) mass is 492 g/mol. The molecule has 7 nitrogen and oxygen atoms in total. The maximum atomic E-state index is 13.7. The quantitative estimate of drug-likeness (QED) is 0.452. The Kier molecular flexibility index (Phi) is 7.04. The van der Waals surface area contributed by atoms with Gasteiger partial charge in [-0.2, -0.15) is 0 Å². The second kappa shape index (κ2) is 10.5. The number of halogens is 1. The largest absolute Gasteiger partial charge is 0.486 e. The van der Waals surface area contributed by atoms with Crippen LogP contribution in [0, 0.1) is 11.7 Å². The van der Waals surface area contributed by atoms with E-state index < -0.39 is 0 Å². The van der Waals surface area contributed by atoms with E-state index in [-0.39, 0.29) is 42.0 Å². The molecule has 1 aromatic heterocycles. The van der Waals surface area contributed by atoms with E-state index in [4.69, 9.17) is 13.9 Å². The van der Waals surface area contributed by atoms with Crippen molar-refractivity contribution in [2.75, 3.05) is 26.8 Å². The van der Waals surface area contributed by atoms with Gasteiger partial charge in [0.05, 0.1) is 12.6 Å². The van der Waals surface area contributed by atoms with Crippen LogP contribution in [0.15, 0.2) is 59.0 Å². The fourth-order valence-corrected chi connectivity index (χ4v) is 4.58. The van der Waals surface area contributed by atoms with Gasteiger partial charge in [0.1, 0.15) is 23.9 Å². The lowest BCUT2D eigenvalue weighted by atomic mass is 9.87. The Morgan fingerprint density at radius 1 is 1.11 bits per heavy atom. The molecular weight excluding hydrogens is 463 g/mol. The number of rotatable bonds is 9. The summed E-state index contributed by atoms with van der Waals surface area (Å²) in [7, 11) is 1.57. The minimum atomic E-state index is -0.311. The van der Waals surface area contributed by atoms with E-state index in [0.717, 1.165) is 36.0 Å². The molecule has 36 heavy (non-hydrogen) atoms. The van der Waals surface area contributed by atoms with Crippen molar-refractivity contribution in [2.24, 2.45) is 5.92 Å². The van der Waals surface area contributed by atoms with Gasteiger partial charge < -0.3 is 24.1 Å². The van der Waals surface area contributed by atoms with E-state index in [0.29, 0.717) is 31.2 Å². The Labute approximate surface area is 209 Å². The third kappa shape index (κ3) is 5.28. The van der Waals surface area contributed by atoms with Crippen LogP contribution >= 0.6 is 0 Å². The average molecular weight is 493 g/mol. The predicted octanol–water partition coefficient (Wildman–Crippen LogP) is 4.26. The number of fused-ring (bicyclic) bond motifs is 1. The van der Waals surface area contributed by atoms with E-state index in [1.54, 1.807) is 31.4 Å². The third-order valence-electron chi connectivity index (χ3n) is 6.60. The molecule has 1 aliphatic heterocycles. The highest BCUT2D eigenvalue weighted by atomic mass is 19.1. The first-order chi connectivity index (χ1) is 17.5. The van der Waals surface area contributed by atoms with Crippen LogP contribution in [0.4, 0.5) is 4.39 Å². The van der Waals surface area contributed by atoms with E-state index >= 15 is 0 Å². The maximum absolute atomic E-state index is 13.7. The number of nitrogens with zero attached hydrogens (tertiary/aromatic N) is 1. The summed E-state index contributed by atoms with van der Waals surface area (Å²) in [5.41, 5.74) is 3.00. The van der Waals surface area contributed by atoms with Crippen molar-refractivity contribution in [3.63, 3.8) is 0 Å². The minimum Gasteiger partial charge on any atom is -0.486 e. The van der Waals surface area contributed by atoms with Crippen LogP contribution in [0.1, 0.15) is 51.9 Å². The lowest BCUT2D eigenvalue weighted by Gasteiger charge is -2.38. The molecule has 1 atom stereocenters. The fraction of sp³-hybridized carbons (Fsp3) is 0.357. The van der Waals surface area contributed by atoms with Gasteiger partial charge in [-0.05, 0) is 72.4 Å². The summed E-state index contributed by atoms with van der Waals surface area (Å²) in [5, 5.41) is 2.72. The van der Waals surface area contributed by atoms with Gasteiger partial charge in [0, 0.05) is 26.1 Å². The topological polar surface area (TPSA) is 81.0 Å². The first kappa shape index (κ1) is 24.1. The molecule has 1 fully saturated rings. The molecule has 0 radical (unpaired) electrons. The molecule has 188 valence electrons. The molecule has 0 saturated heterocycles. The van der Waals surface area contributed by atoms with Gasteiger partial charge in [-0.1, -0.05) is 18.2 Å². The molecule has 3 aromatic rings. The molecule has 1 aliphatic carbocycles. The zero-order chi connectivity index (χ0) is 25.1. The van der Waals surface area contributed by atoms with Crippen molar-refractivity contribution in [1.29, 1.82) is 0 Å². The Morgan fingerprint density at radius 3 is 2.67 bits per heavy atom. The summed E-state index contributed by atoms with van der Waals surface area (Å²) in [6.45, 7) is 1.60. The van der Waals surface area contributed by atoms with Gasteiger partial charge in [-0.15, -0.1) is 0 Å². The van der Waals surface area contributed by atoms with Crippen LogP contribution in [0.3, 0.4) is 0 Å². The van der Waals surface area contributed by atoms with Gasteiger partial charge >= 0.3 is 0 Å². The summed E-state index contributed by atoms with van der Waals surface area (Å²) < 4.78 is 30.2. The first-order valence-corrected chi connectivity index (χ1v) is 12.2. The SMILES string of the molecule is COCCNC(=O)c1ccc(COc2ccc3c(c2)C(c2ccc(F)cc2)N(C(=O)C2CC2)CC3)o1. The van der Waals surface area contributed by atoms with E-state index in [2.05, 4.69) is 5.32 Å². The average Bonchev–Trinajstić information content (AvgIpc) is 3.64. The van der Waals surface area contributed by atoms with Gasteiger partial charge in [-0.25, -0.2) is 4.39 Å². The Hall–Kier alpha value is -3.65. The molecule has 8 heteroatoms. The summed E-state index contributed by atoms with van der Waals surface area (Å²) in [5.74, 6) is 0.990. The highest BCUT2D eigenvalue weighted by Crippen LogP contribution is 2.41. The van der Waals surface area contributed by atoms with Crippen molar-refractivity contribution < 1.29 is 27.9 Å². The Morgan fingerprint density at radius 2 is 1.92 bits per heavy atom. The zero-order valence-corrected chi connectivity index (χ0v) is 20.2. The number of carbonyl (C=O) groups is 2. The molecule has 1 unspecified atom stereocenters. The smallest absolute Gasteiger partial charge is 0.287 e. The van der Waals surface area contributed by atoms with Gasteiger partial charge in [-0.3, -0.25) is 9.59 Å². The first-order valence-electron chi connectivity index (χ1n) is 12.2. The summed E-state index contributed by atoms with van der Waals surface area (Å²) in [6.07, 6.45) is 2.61. The van der Waals surface area contributed by atoms with Crippen LogP contribution in [0.5, 0.6) is 5.75 Å². The molecule has 1 N–H and O–H groups in total. The molecular formula is C28H29FN2O5. The van der Waals surface area contributed by atoms with Crippen molar-refractivity contribution >= 4 is 11.8 Å². The number of hydrogen-bond acceptors (Lipinski definition) is 5. The van der Waals surface area contributed by atoms with Crippen molar-refractivity contribution in [3.05, 3.63) is 88.6 Å². The molecule has 0 spiro atoms. The predicted molar refractivity (Wildman–Crippen MR) is 130 cm³/mol. The van der Waals surface area contributed by atoms with Crippen molar-refractivity contribution in [1.82, 2.24) is 10.2 Å². The van der Waals surface area contributed by atoms with E-state index in [9.17, 15) is 14.0 Å².